The van der Waals surface area contributed by atoms with Crippen LogP contribution in [0.3, 0.4) is 0 Å². The van der Waals surface area contributed by atoms with Gasteiger partial charge in [0.15, 0.2) is 5.75 Å². The molecule has 14 heteroatoms. The highest BCUT2D eigenvalue weighted by molar-refractivity contribution is 6.36. The van der Waals surface area contributed by atoms with Crippen molar-refractivity contribution in [1.29, 1.82) is 0 Å². The van der Waals surface area contributed by atoms with Gasteiger partial charge in [-0.05, 0) is 55.5 Å². The number of halogens is 1. The molecule has 304 valence electrons. The number of hydrogen-bond acceptors (Lipinski definition) is 10. The highest BCUT2D eigenvalue weighted by Gasteiger charge is 2.63. The molecular formula is C44H46ClN3O10. The molecule has 1 N–H and O–H groups in total. The summed E-state index contributed by atoms with van der Waals surface area (Å²) in [6.07, 6.45) is 3.45. The molecule has 5 heterocycles. The number of carbonyl (C=O) groups excluding carboxylic acids is 4. The van der Waals surface area contributed by atoms with Crippen LogP contribution in [0.5, 0.6) is 23.0 Å². The van der Waals surface area contributed by atoms with E-state index in [0.29, 0.717) is 73.8 Å². The zero-order valence-electron chi connectivity index (χ0n) is 33.0. The minimum Gasteiger partial charge on any atom is -0.497 e. The Balaban J connectivity index is 0.950. The second kappa shape index (κ2) is 15.7. The Kier molecular flexibility index (Phi) is 10.6. The molecule has 13 nitrogen and oxygen atoms in total. The van der Waals surface area contributed by atoms with Gasteiger partial charge in [0.2, 0.25) is 29.0 Å². The molecule has 4 aliphatic rings. The summed E-state index contributed by atoms with van der Waals surface area (Å²) in [4.78, 5) is 70.4. The maximum absolute atomic E-state index is 14.9. The largest absolute Gasteiger partial charge is 0.497 e. The molecule has 0 radical (unpaired) electrons. The second-order valence-electron chi connectivity index (χ2n) is 15.7. The van der Waals surface area contributed by atoms with E-state index in [2.05, 4.69) is 5.32 Å². The number of furan rings is 1. The first-order valence-corrected chi connectivity index (χ1v) is 20.1. The van der Waals surface area contributed by atoms with Crippen molar-refractivity contribution in [2.24, 2.45) is 11.8 Å². The molecular weight excluding hydrogens is 766 g/mol. The van der Waals surface area contributed by atoms with Crippen LogP contribution in [-0.2, 0) is 29.0 Å². The number of Topliss-reactive ketones (excluding diaryl/α,β-unsaturated/α-hetero) is 2. The highest BCUT2D eigenvalue weighted by Crippen LogP contribution is 2.54. The summed E-state index contributed by atoms with van der Waals surface area (Å²) < 4.78 is 30.9. The lowest BCUT2D eigenvalue weighted by Gasteiger charge is -2.42. The number of carbonyl (C=O) groups is 4. The number of likely N-dealkylation sites (tertiary alicyclic amines) is 1. The summed E-state index contributed by atoms with van der Waals surface area (Å²) >= 11 is 6.65. The number of fused-ring (bicyclic) bond motifs is 6. The molecule has 0 saturated carbocycles. The Labute approximate surface area is 340 Å². The van der Waals surface area contributed by atoms with E-state index in [1.165, 1.54) is 20.3 Å². The lowest BCUT2D eigenvalue weighted by molar-refractivity contribution is -0.134. The summed E-state index contributed by atoms with van der Waals surface area (Å²) in [7, 11) is 4.39. The average Bonchev–Trinajstić information content (AvgIpc) is 3.74. The van der Waals surface area contributed by atoms with E-state index in [-0.39, 0.29) is 75.4 Å². The molecule has 1 fully saturated rings. The van der Waals surface area contributed by atoms with Crippen LogP contribution in [0, 0.1) is 11.8 Å². The predicted molar refractivity (Wildman–Crippen MR) is 213 cm³/mol. The van der Waals surface area contributed by atoms with Crippen LogP contribution in [0.4, 0.5) is 0 Å². The van der Waals surface area contributed by atoms with Crippen LogP contribution in [0.25, 0.3) is 11.3 Å². The summed E-state index contributed by atoms with van der Waals surface area (Å²) in [6, 6.07) is 14.0. The van der Waals surface area contributed by atoms with Crippen molar-refractivity contribution in [3.8, 4) is 34.3 Å². The molecule has 4 atom stereocenters. The number of hydrogen-bond donors (Lipinski definition) is 1. The van der Waals surface area contributed by atoms with Gasteiger partial charge in [0.1, 0.15) is 39.4 Å². The third-order valence-corrected chi connectivity index (χ3v) is 12.5. The molecule has 1 spiro atoms. The lowest BCUT2D eigenvalue weighted by atomic mass is 9.70. The third-order valence-electron chi connectivity index (χ3n) is 12.2. The lowest BCUT2D eigenvalue weighted by Crippen LogP contribution is -2.56. The maximum Gasteiger partial charge on any atom is 0.250 e. The number of amides is 2. The van der Waals surface area contributed by atoms with E-state index in [9.17, 15) is 24.0 Å². The molecule has 58 heavy (non-hydrogen) atoms. The fourth-order valence-electron chi connectivity index (χ4n) is 9.26. The van der Waals surface area contributed by atoms with Gasteiger partial charge in [-0.15, -0.1) is 0 Å². The van der Waals surface area contributed by atoms with Crippen LogP contribution < -0.4 is 29.8 Å². The van der Waals surface area contributed by atoms with Gasteiger partial charge < -0.3 is 38.1 Å². The molecule has 2 amide bonds. The molecule has 1 saturated heterocycles. The molecule has 2 aromatic carbocycles. The normalized spacial score (nSPS) is 21.5. The number of nitrogens with zero attached hydrogens (tertiary/aromatic N) is 2. The van der Waals surface area contributed by atoms with Crippen molar-refractivity contribution in [3.05, 3.63) is 92.1 Å². The van der Waals surface area contributed by atoms with Crippen molar-refractivity contribution in [3.63, 3.8) is 0 Å². The van der Waals surface area contributed by atoms with Crippen molar-refractivity contribution in [1.82, 2.24) is 14.8 Å². The van der Waals surface area contributed by atoms with E-state index in [1.807, 2.05) is 15.5 Å². The fourth-order valence-corrected chi connectivity index (χ4v) is 9.53. The number of nitrogens with one attached hydrogen (secondary N) is 1. The Hall–Kier alpha value is -5.56. The Morgan fingerprint density at radius 1 is 0.914 bits per heavy atom. The van der Waals surface area contributed by atoms with E-state index in [4.69, 9.17) is 35.0 Å². The molecule has 3 aliphatic heterocycles. The van der Waals surface area contributed by atoms with E-state index >= 15 is 0 Å². The van der Waals surface area contributed by atoms with Crippen LogP contribution in [-0.4, -0.2) is 79.4 Å². The standard InChI is InChI=1S/C44H46ClN3O10/c1-24-17-32-37(42(52)44(24)43(53)38-31(55-3)20-33(56-4)39(45)41(38)58-44)29(40(57-32)26-12-14-28(54-2)15-13-26)19-34(49)46-16-7-5-6-10-35(50)47-21-25-18-27(23-47)30-9-8-11-36(51)48(30)22-25/h8-9,11-15,20,24-25,27H,5-7,10,16-19,21-23H2,1-4H3,(H,46,49)/t24-,25?,27?,44+/m1/s1. The van der Waals surface area contributed by atoms with Gasteiger partial charge in [-0.3, -0.25) is 24.0 Å². The van der Waals surface area contributed by atoms with E-state index in [0.717, 1.165) is 18.5 Å². The fraction of sp³-hybridized carbons (Fsp3) is 0.432. The zero-order valence-corrected chi connectivity index (χ0v) is 33.7. The van der Waals surface area contributed by atoms with Gasteiger partial charge in [-0.1, -0.05) is 31.0 Å². The third kappa shape index (κ3) is 6.62. The van der Waals surface area contributed by atoms with Crippen LogP contribution >= 0.6 is 11.6 Å². The SMILES string of the molecule is COc1ccc(-c2oc3c(c2CC(=O)NCCCCCC(=O)N2CC4CC(C2)c2cccc(=O)n2C4)C(=O)[C@@]2(Oc4c(Cl)c(OC)cc(OC)c4C2=O)[C@H](C)C3)cc1. The summed E-state index contributed by atoms with van der Waals surface area (Å²) in [6.45, 7) is 4.05. The van der Waals surface area contributed by atoms with Crippen molar-refractivity contribution in [2.45, 2.75) is 69.9 Å². The zero-order chi connectivity index (χ0) is 40.9. The van der Waals surface area contributed by atoms with Crippen molar-refractivity contribution < 1.29 is 42.5 Å². The number of benzene rings is 2. The van der Waals surface area contributed by atoms with Gasteiger partial charge in [-0.2, -0.15) is 0 Å². The number of rotatable bonds is 12. The smallest absolute Gasteiger partial charge is 0.250 e. The minimum absolute atomic E-state index is 0.00802. The van der Waals surface area contributed by atoms with Gasteiger partial charge >= 0.3 is 0 Å². The first-order valence-electron chi connectivity index (χ1n) is 19.7. The maximum atomic E-state index is 14.9. The van der Waals surface area contributed by atoms with Crippen LogP contribution in [0.1, 0.15) is 82.7 Å². The number of ether oxygens (including phenoxy) is 4. The van der Waals surface area contributed by atoms with Gasteiger partial charge in [0.25, 0.3) is 5.56 Å². The topological polar surface area (TPSA) is 156 Å². The monoisotopic (exact) mass is 811 g/mol. The van der Waals surface area contributed by atoms with Gasteiger partial charge in [0.05, 0.1) is 33.3 Å². The molecule has 2 aromatic heterocycles. The summed E-state index contributed by atoms with van der Waals surface area (Å²) in [5.74, 6) is 0.0850. The quantitative estimate of drug-likeness (QED) is 0.132. The Morgan fingerprint density at radius 2 is 1.67 bits per heavy atom. The molecule has 4 aromatic rings. The molecule has 8 rings (SSSR count). The first-order chi connectivity index (χ1) is 28.0. The van der Waals surface area contributed by atoms with Gasteiger partial charge in [0, 0.05) is 79.8 Å². The average molecular weight is 812 g/mol. The van der Waals surface area contributed by atoms with Crippen molar-refractivity contribution >= 4 is 35.0 Å². The second-order valence-corrected chi connectivity index (χ2v) is 16.0. The number of aromatic nitrogens is 1. The van der Waals surface area contributed by atoms with Crippen LogP contribution in [0.15, 0.2) is 57.7 Å². The number of unbranched alkanes of at least 4 members (excludes halogenated alkanes) is 2. The Bertz CT molecular complexity index is 2370. The number of piperidine rings is 1. The Morgan fingerprint density at radius 3 is 2.41 bits per heavy atom. The first kappa shape index (κ1) is 39.3. The van der Waals surface area contributed by atoms with Crippen LogP contribution in [0.2, 0.25) is 5.02 Å². The summed E-state index contributed by atoms with van der Waals surface area (Å²) in [5, 5.41) is 3.02. The molecule has 1 aliphatic carbocycles. The minimum atomic E-state index is -1.97. The summed E-state index contributed by atoms with van der Waals surface area (Å²) in [5.41, 5.74) is 0.231. The number of pyridine rings is 1. The van der Waals surface area contributed by atoms with E-state index in [1.54, 1.807) is 50.4 Å². The number of ketones is 2. The highest BCUT2D eigenvalue weighted by atomic mass is 35.5. The van der Waals surface area contributed by atoms with E-state index < -0.39 is 23.1 Å². The van der Waals surface area contributed by atoms with Gasteiger partial charge in [-0.25, -0.2) is 0 Å². The number of methoxy groups -OCH3 is 3. The molecule has 2 bridgehead atoms. The van der Waals surface area contributed by atoms with Crippen molar-refractivity contribution in [2.75, 3.05) is 41.0 Å². The predicted octanol–water partition coefficient (Wildman–Crippen LogP) is 6.04. The molecule has 2 unspecified atom stereocenters.